The zero-order chi connectivity index (χ0) is 13.6. The van der Waals surface area contributed by atoms with Crippen LogP contribution in [0.3, 0.4) is 0 Å². The van der Waals surface area contributed by atoms with Gasteiger partial charge in [0.05, 0.1) is 6.33 Å². The molecule has 3 fully saturated rings. The fourth-order valence-electron chi connectivity index (χ4n) is 4.06. The van der Waals surface area contributed by atoms with E-state index in [9.17, 15) is 0 Å². The molecule has 20 heavy (non-hydrogen) atoms. The number of likely N-dealkylation sites (tertiary alicyclic amines) is 1. The maximum Gasteiger partial charge on any atom is 0.0951 e. The van der Waals surface area contributed by atoms with Crippen LogP contribution >= 0.6 is 0 Å². The van der Waals surface area contributed by atoms with Gasteiger partial charge in [-0.3, -0.25) is 4.90 Å². The lowest BCUT2D eigenvalue weighted by atomic mass is 9.78. The first-order valence-electron chi connectivity index (χ1n) is 8.23. The van der Waals surface area contributed by atoms with Crippen molar-refractivity contribution in [3.8, 4) is 0 Å². The summed E-state index contributed by atoms with van der Waals surface area (Å²) in [7, 11) is 0. The Labute approximate surface area is 121 Å². The Morgan fingerprint density at radius 1 is 1.20 bits per heavy atom. The number of aromatic nitrogens is 2. The number of nitrogens with one attached hydrogen (secondary N) is 1. The van der Waals surface area contributed by atoms with Crippen LogP contribution in [0, 0.1) is 0 Å². The topological polar surface area (TPSA) is 33.1 Å². The molecule has 3 heterocycles. The van der Waals surface area contributed by atoms with Crippen LogP contribution in [0.1, 0.15) is 50.8 Å². The van der Waals surface area contributed by atoms with Crippen LogP contribution in [-0.4, -0.2) is 46.7 Å². The highest BCUT2D eigenvalue weighted by atomic mass is 15.2. The van der Waals surface area contributed by atoms with Crippen LogP contribution in [0.15, 0.2) is 12.5 Å². The van der Waals surface area contributed by atoms with E-state index in [1.54, 1.807) is 0 Å². The largest absolute Gasteiger partial charge is 0.330 e. The SMILES string of the molecule is CC1(c2cncn2C2CCN(C3CC3)C2)CCNCC1. The maximum absolute atomic E-state index is 4.50. The zero-order valence-electron chi connectivity index (χ0n) is 12.5. The van der Waals surface area contributed by atoms with Crippen LogP contribution in [-0.2, 0) is 5.41 Å². The van der Waals surface area contributed by atoms with Crippen LogP contribution in [0.25, 0.3) is 0 Å². The molecular weight excluding hydrogens is 248 g/mol. The van der Waals surface area contributed by atoms with Gasteiger partial charge >= 0.3 is 0 Å². The van der Waals surface area contributed by atoms with Crippen LogP contribution in [0.5, 0.6) is 0 Å². The summed E-state index contributed by atoms with van der Waals surface area (Å²) < 4.78 is 2.51. The number of nitrogens with zero attached hydrogens (tertiary/aromatic N) is 3. The molecule has 1 atom stereocenters. The van der Waals surface area contributed by atoms with Gasteiger partial charge in [0.2, 0.25) is 0 Å². The Morgan fingerprint density at radius 2 is 2.00 bits per heavy atom. The number of hydrogen-bond acceptors (Lipinski definition) is 3. The van der Waals surface area contributed by atoms with Crippen molar-refractivity contribution < 1.29 is 0 Å². The van der Waals surface area contributed by atoms with Crippen molar-refractivity contribution in [3.63, 3.8) is 0 Å². The molecule has 1 N–H and O–H groups in total. The van der Waals surface area contributed by atoms with E-state index in [2.05, 4.69) is 39.2 Å². The molecule has 0 spiro atoms. The van der Waals surface area contributed by atoms with E-state index < -0.39 is 0 Å². The summed E-state index contributed by atoms with van der Waals surface area (Å²) >= 11 is 0. The third-order valence-electron chi connectivity index (χ3n) is 5.64. The molecule has 1 aromatic rings. The average Bonchev–Trinajstić information content (AvgIpc) is 3.01. The molecule has 110 valence electrons. The molecule has 1 aromatic heterocycles. The monoisotopic (exact) mass is 274 g/mol. The lowest BCUT2D eigenvalue weighted by molar-refractivity contribution is 0.292. The Hall–Kier alpha value is -0.870. The summed E-state index contributed by atoms with van der Waals surface area (Å²) in [6.45, 7) is 7.23. The zero-order valence-corrected chi connectivity index (χ0v) is 12.5. The molecule has 2 aliphatic heterocycles. The molecule has 4 rings (SSSR count). The minimum absolute atomic E-state index is 0.314. The molecule has 2 saturated heterocycles. The van der Waals surface area contributed by atoms with Gasteiger partial charge in [-0.1, -0.05) is 6.92 Å². The van der Waals surface area contributed by atoms with Crippen molar-refractivity contribution in [2.75, 3.05) is 26.2 Å². The third kappa shape index (κ3) is 2.19. The lowest BCUT2D eigenvalue weighted by Crippen LogP contribution is -2.39. The third-order valence-corrected chi connectivity index (χ3v) is 5.64. The molecule has 0 amide bonds. The summed E-state index contributed by atoms with van der Waals surface area (Å²) in [5.74, 6) is 0. The van der Waals surface area contributed by atoms with Crippen molar-refractivity contribution in [2.45, 2.75) is 56.5 Å². The molecule has 1 aliphatic carbocycles. The molecule has 4 heteroatoms. The van der Waals surface area contributed by atoms with Crippen molar-refractivity contribution >= 4 is 0 Å². The molecular formula is C16H26N4. The Bertz CT molecular complexity index is 471. The van der Waals surface area contributed by atoms with Crippen molar-refractivity contribution in [2.24, 2.45) is 0 Å². The number of imidazole rings is 1. The van der Waals surface area contributed by atoms with E-state index in [0.29, 0.717) is 11.5 Å². The minimum Gasteiger partial charge on any atom is -0.330 e. The van der Waals surface area contributed by atoms with Crippen LogP contribution < -0.4 is 5.32 Å². The van der Waals surface area contributed by atoms with Gasteiger partial charge in [0.15, 0.2) is 0 Å². The highest BCUT2D eigenvalue weighted by Crippen LogP contribution is 2.38. The highest BCUT2D eigenvalue weighted by molar-refractivity contribution is 5.17. The van der Waals surface area contributed by atoms with E-state index in [1.807, 2.05) is 0 Å². The normalized spacial score (nSPS) is 30.8. The van der Waals surface area contributed by atoms with E-state index in [4.69, 9.17) is 0 Å². The van der Waals surface area contributed by atoms with Gasteiger partial charge in [-0.05, 0) is 45.2 Å². The van der Waals surface area contributed by atoms with Gasteiger partial charge in [-0.15, -0.1) is 0 Å². The molecule has 3 aliphatic rings. The second kappa shape index (κ2) is 4.85. The summed E-state index contributed by atoms with van der Waals surface area (Å²) in [6.07, 6.45) is 10.8. The van der Waals surface area contributed by atoms with Crippen molar-refractivity contribution in [1.82, 2.24) is 19.8 Å². The second-order valence-corrected chi connectivity index (χ2v) is 7.17. The van der Waals surface area contributed by atoms with E-state index in [0.717, 1.165) is 19.1 Å². The Morgan fingerprint density at radius 3 is 2.75 bits per heavy atom. The van der Waals surface area contributed by atoms with E-state index in [-0.39, 0.29) is 0 Å². The summed E-state index contributed by atoms with van der Waals surface area (Å²) in [5, 5.41) is 3.48. The molecule has 1 unspecified atom stereocenters. The van der Waals surface area contributed by atoms with Gasteiger partial charge in [0.25, 0.3) is 0 Å². The first-order chi connectivity index (χ1) is 9.76. The van der Waals surface area contributed by atoms with Crippen molar-refractivity contribution in [1.29, 1.82) is 0 Å². The molecule has 0 radical (unpaired) electrons. The van der Waals surface area contributed by atoms with Gasteiger partial charge in [0.1, 0.15) is 0 Å². The predicted octanol–water partition coefficient (Wildman–Crippen LogP) is 1.93. The second-order valence-electron chi connectivity index (χ2n) is 7.17. The Kier molecular flexibility index (Phi) is 3.11. The fraction of sp³-hybridized carbons (Fsp3) is 0.812. The van der Waals surface area contributed by atoms with Crippen LogP contribution in [0.4, 0.5) is 0 Å². The molecule has 0 bridgehead atoms. The fourth-order valence-corrected chi connectivity index (χ4v) is 4.06. The average molecular weight is 274 g/mol. The van der Waals surface area contributed by atoms with Gasteiger partial charge in [-0.25, -0.2) is 4.98 Å². The van der Waals surface area contributed by atoms with Crippen LogP contribution in [0.2, 0.25) is 0 Å². The number of rotatable bonds is 3. The first kappa shape index (κ1) is 12.8. The Balaban J connectivity index is 1.55. The molecule has 1 saturated carbocycles. The summed E-state index contributed by atoms with van der Waals surface area (Å²) in [6, 6.07) is 1.56. The lowest BCUT2D eigenvalue weighted by Gasteiger charge is -2.35. The summed E-state index contributed by atoms with van der Waals surface area (Å²) in [5.41, 5.74) is 1.79. The van der Waals surface area contributed by atoms with E-state index >= 15 is 0 Å². The van der Waals surface area contributed by atoms with Crippen molar-refractivity contribution in [3.05, 3.63) is 18.2 Å². The first-order valence-corrected chi connectivity index (χ1v) is 8.23. The quantitative estimate of drug-likeness (QED) is 0.914. The number of hydrogen-bond donors (Lipinski definition) is 1. The summed E-state index contributed by atoms with van der Waals surface area (Å²) in [4.78, 5) is 7.19. The predicted molar refractivity (Wildman–Crippen MR) is 79.9 cm³/mol. The van der Waals surface area contributed by atoms with Gasteiger partial charge in [0, 0.05) is 42.5 Å². The number of piperidine rings is 1. The molecule has 4 nitrogen and oxygen atoms in total. The highest BCUT2D eigenvalue weighted by Gasteiger charge is 2.38. The standard InChI is InChI=1S/C16H26N4/c1-16(5-7-17-8-6-16)15-10-18-12-20(15)14-4-9-19(11-14)13-2-3-13/h10,12-14,17H,2-9,11H2,1H3. The van der Waals surface area contributed by atoms with E-state index in [1.165, 1.54) is 50.9 Å². The van der Waals surface area contributed by atoms with Gasteiger partial charge in [-0.2, -0.15) is 0 Å². The van der Waals surface area contributed by atoms with Gasteiger partial charge < -0.3 is 9.88 Å². The molecule has 0 aromatic carbocycles. The minimum atomic E-state index is 0.314. The maximum atomic E-state index is 4.50. The smallest absolute Gasteiger partial charge is 0.0951 e.